The van der Waals surface area contributed by atoms with Gasteiger partial charge in [-0.05, 0) is 24.8 Å². The summed E-state index contributed by atoms with van der Waals surface area (Å²) in [7, 11) is 0. The van der Waals surface area contributed by atoms with Crippen molar-refractivity contribution in [2.24, 2.45) is 0 Å². The molecule has 0 unspecified atom stereocenters. The van der Waals surface area contributed by atoms with Crippen molar-refractivity contribution in [2.45, 2.75) is 37.9 Å². The number of aryl methyl sites for hydroxylation is 1. The van der Waals surface area contributed by atoms with Crippen LogP contribution in [0.2, 0.25) is 0 Å². The molecule has 118 valence electrons. The number of hydrogen-bond acceptors (Lipinski definition) is 5. The first-order chi connectivity index (χ1) is 10.6. The van der Waals surface area contributed by atoms with Gasteiger partial charge in [0.1, 0.15) is 0 Å². The molecule has 7 heteroatoms. The standard InChI is InChI=1S/C15H19N3O2S2/c1-3-5-11-8-13(19)18-15(17-11)22-9-14(20)16-10(2)12-6-4-7-21-12/h4,6-8,10H,3,5,9H2,1-2H3,(H,16,20)(H,17,18,19)/t10-/m1/s1. The Hall–Kier alpha value is -1.60. The maximum atomic E-state index is 12.0. The molecule has 0 aliphatic carbocycles. The molecular weight excluding hydrogens is 318 g/mol. The Kier molecular flexibility index (Phi) is 6.21. The van der Waals surface area contributed by atoms with E-state index >= 15 is 0 Å². The first-order valence-electron chi connectivity index (χ1n) is 7.14. The third-order valence-corrected chi connectivity index (χ3v) is 4.89. The van der Waals surface area contributed by atoms with Crippen LogP contribution in [0.1, 0.15) is 36.9 Å². The van der Waals surface area contributed by atoms with Crippen LogP contribution in [0.15, 0.2) is 33.5 Å². The predicted octanol–water partition coefficient (Wildman–Crippen LogP) is 2.75. The molecule has 1 atom stereocenters. The van der Waals surface area contributed by atoms with Gasteiger partial charge in [-0.2, -0.15) is 0 Å². The monoisotopic (exact) mass is 337 g/mol. The number of nitrogens with zero attached hydrogens (tertiary/aromatic N) is 1. The van der Waals surface area contributed by atoms with Crippen LogP contribution in [0.5, 0.6) is 0 Å². The SMILES string of the molecule is CCCc1cc(=O)[nH]c(SCC(=O)N[C@H](C)c2cccs2)n1. The Bertz CT molecular complexity index is 668. The van der Waals surface area contributed by atoms with E-state index in [1.165, 1.54) is 17.8 Å². The van der Waals surface area contributed by atoms with E-state index < -0.39 is 0 Å². The van der Waals surface area contributed by atoms with Gasteiger partial charge in [0.05, 0.1) is 11.8 Å². The number of thioether (sulfide) groups is 1. The highest BCUT2D eigenvalue weighted by atomic mass is 32.2. The lowest BCUT2D eigenvalue weighted by Crippen LogP contribution is -2.27. The van der Waals surface area contributed by atoms with Gasteiger partial charge in [0.2, 0.25) is 5.91 Å². The number of carbonyl (C=O) groups is 1. The van der Waals surface area contributed by atoms with Crippen molar-refractivity contribution < 1.29 is 4.79 Å². The van der Waals surface area contributed by atoms with Crippen molar-refractivity contribution in [3.8, 4) is 0 Å². The van der Waals surface area contributed by atoms with Crippen molar-refractivity contribution >= 4 is 29.0 Å². The van der Waals surface area contributed by atoms with Crippen LogP contribution in [-0.2, 0) is 11.2 Å². The van der Waals surface area contributed by atoms with Gasteiger partial charge in [-0.15, -0.1) is 11.3 Å². The van der Waals surface area contributed by atoms with Crippen molar-refractivity contribution in [1.82, 2.24) is 15.3 Å². The van der Waals surface area contributed by atoms with E-state index in [0.717, 1.165) is 23.4 Å². The number of aromatic nitrogens is 2. The Morgan fingerprint density at radius 1 is 1.55 bits per heavy atom. The quantitative estimate of drug-likeness (QED) is 0.602. The minimum absolute atomic E-state index is 0.00784. The second kappa shape index (κ2) is 8.14. The number of aromatic amines is 1. The molecule has 2 aromatic heterocycles. The van der Waals surface area contributed by atoms with Gasteiger partial charge in [0.25, 0.3) is 5.56 Å². The number of hydrogen-bond donors (Lipinski definition) is 2. The first-order valence-corrected chi connectivity index (χ1v) is 9.00. The maximum absolute atomic E-state index is 12.0. The van der Waals surface area contributed by atoms with E-state index in [4.69, 9.17) is 0 Å². The fourth-order valence-corrected chi connectivity index (χ4v) is 3.40. The number of amides is 1. The molecule has 0 spiro atoms. The van der Waals surface area contributed by atoms with Crippen molar-refractivity contribution in [1.29, 1.82) is 0 Å². The Balaban J connectivity index is 1.89. The highest BCUT2D eigenvalue weighted by Crippen LogP contribution is 2.18. The molecule has 0 saturated carbocycles. The summed E-state index contributed by atoms with van der Waals surface area (Å²) < 4.78 is 0. The van der Waals surface area contributed by atoms with E-state index in [9.17, 15) is 9.59 Å². The normalized spacial score (nSPS) is 12.1. The molecule has 0 aromatic carbocycles. The van der Waals surface area contributed by atoms with Crippen LogP contribution in [-0.4, -0.2) is 21.6 Å². The summed E-state index contributed by atoms with van der Waals surface area (Å²) in [5.41, 5.74) is 0.592. The van der Waals surface area contributed by atoms with Crippen LogP contribution >= 0.6 is 23.1 Å². The van der Waals surface area contributed by atoms with Gasteiger partial charge in [0.15, 0.2) is 5.16 Å². The zero-order valence-corrected chi connectivity index (χ0v) is 14.2. The van der Waals surface area contributed by atoms with E-state index in [1.54, 1.807) is 11.3 Å². The number of H-pyrrole nitrogens is 1. The van der Waals surface area contributed by atoms with Crippen LogP contribution in [0.4, 0.5) is 0 Å². The van der Waals surface area contributed by atoms with Gasteiger partial charge < -0.3 is 10.3 Å². The molecule has 0 saturated heterocycles. The Morgan fingerprint density at radius 2 is 2.36 bits per heavy atom. The molecule has 2 aromatic rings. The van der Waals surface area contributed by atoms with Gasteiger partial charge >= 0.3 is 0 Å². The number of nitrogens with one attached hydrogen (secondary N) is 2. The average Bonchev–Trinajstić information content (AvgIpc) is 2.99. The molecular formula is C15H19N3O2S2. The second-order valence-electron chi connectivity index (χ2n) is 4.89. The molecule has 0 aliphatic heterocycles. The van der Waals surface area contributed by atoms with Crippen LogP contribution < -0.4 is 10.9 Å². The van der Waals surface area contributed by atoms with Crippen LogP contribution in [0.3, 0.4) is 0 Å². The Morgan fingerprint density at radius 3 is 3.05 bits per heavy atom. The summed E-state index contributed by atoms with van der Waals surface area (Å²) in [5, 5.41) is 5.42. The summed E-state index contributed by atoms with van der Waals surface area (Å²) in [6.07, 6.45) is 1.69. The molecule has 0 radical (unpaired) electrons. The van der Waals surface area contributed by atoms with Crippen LogP contribution in [0.25, 0.3) is 0 Å². The first kappa shape index (κ1) is 16.8. The predicted molar refractivity (Wildman–Crippen MR) is 90.5 cm³/mol. The second-order valence-corrected chi connectivity index (χ2v) is 6.83. The molecule has 0 aliphatic rings. The van der Waals surface area contributed by atoms with E-state index in [2.05, 4.69) is 15.3 Å². The summed E-state index contributed by atoms with van der Waals surface area (Å²) in [6.45, 7) is 3.99. The van der Waals surface area contributed by atoms with Crippen molar-refractivity contribution in [3.05, 3.63) is 44.5 Å². The zero-order chi connectivity index (χ0) is 15.9. The van der Waals surface area contributed by atoms with Crippen LogP contribution in [0, 0.1) is 0 Å². The summed E-state index contributed by atoms with van der Waals surface area (Å²) >= 11 is 2.86. The van der Waals surface area contributed by atoms with E-state index in [1.807, 2.05) is 31.4 Å². The van der Waals surface area contributed by atoms with Gasteiger partial charge in [-0.1, -0.05) is 31.2 Å². The largest absolute Gasteiger partial charge is 0.348 e. The molecule has 22 heavy (non-hydrogen) atoms. The Labute approximate surface area is 137 Å². The number of rotatable bonds is 7. The third-order valence-electron chi connectivity index (χ3n) is 2.97. The number of carbonyl (C=O) groups excluding carboxylic acids is 1. The fraction of sp³-hybridized carbons (Fsp3) is 0.400. The van der Waals surface area contributed by atoms with Crippen molar-refractivity contribution in [3.63, 3.8) is 0 Å². The zero-order valence-electron chi connectivity index (χ0n) is 12.6. The smallest absolute Gasteiger partial charge is 0.251 e. The van der Waals surface area contributed by atoms with Gasteiger partial charge in [-0.25, -0.2) is 4.98 Å². The fourth-order valence-electron chi connectivity index (χ4n) is 1.96. The molecule has 2 rings (SSSR count). The minimum atomic E-state index is -0.173. The molecule has 5 nitrogen and oxygen atoms in total. The van der Waals surface area contributed by atoms with Gasteiger partial charge in [-0.3, -0.25) is 9.59 Å². The van der Waals surface area contributed by atoms with E-state index in [0.29, 0.717) is 5.16 Å². The highest BCUT2D eigenvalue weighted by Gasteiger charge is 2.11. The van der Waals surface area contributed by atoms with Crippen molar-refractivity contribution in [2.75, 3.05) is 5.75 Å². The molecule has 1 amide bonds. The third kappa shape index (κ3) is 4.99. The van der Waals surface area contributed by atoms with E-state index in [-0.39, 0.29) is 23.3 Å². The summed E-state index contributed by atoms with van der Waals surface area (Å²) in [5.74, 6) is 0.156. The molecule has 2 heterocycles. The maximum Gasteiger partial charge on any atom is 0.251 e. The molecule has 2 N–H and O–H groups in total. The summed E-state index contributed by atoms with van der Waals surface area (Å²) in [6, 6.07) is 5.46. The number of thiophene rings is 1. The molecule has 0 fully saturated rings. The lowest BCUT2D eigenvalue weighted by atomic mass is 10.2. The topological polar surface area (TPSA) is 74.8 Å². The highest BCUT2D eigenvalue weighted by molar-refractivity contribution is 7.99. The average molecular weight is 337 g/mol. The lowest BCUT2D eigenvalue weighted by molar-refractivity contribution is -0.119. The lowest BCUT2D eigenvalue weighted by Gasteiger charge is -2.11. The summed E-state index contributed by atoms with van der Waals surface area (Å²) in [4.78, 5) is 31.7. The van der Waals surface area contributed by atoms with Gasteiger partial charge in [0, 0.05) is 16.6 Å². The molecule has 0 bridgehead atoms. The minimum Gasteiger partial charge on any atom is -0.348 e.